The molecule has 0 bridgehead atoms. The summed E-state index contributed by atoms with van der Waals surface area (Å²) in [7, 11) is 0. The van der Waals surface area contributed by atoms with Gasteiger partial charge in [0.2, 0.25) is 0 Å². The van der Waals surface area contributed by atoms with E-state index in [4.69, 9.17) is 11.6 Å². The number of rotatable bonds is 5. The fourth-order valence-corrected chi connectivity index (χ4v) is 2.16. The third kappa shape index (κ3) is 4.13. The molecular formula is C16H16ClNO3. The number of benzene rings is 2. The standard InChI is InChI=1S/C16H16ClNO3/c17-10-13(8-11-4-2-1-3-5-11)18-16(21)12-6-7-14(19)15(20)9-12/h1-7,9,13,19-20H,8,10H2,(H,18,21). The van der Waals surface area contributed by atoms with Crippen molar-refractivity contribution in [1.82, 2.24) is 5.32 Å². The zero-order valence-electron chi connectivity index (χ0n) is 11.3. The van der Waals surface area contributed by atoms with Crippen LogP contribution in [0, 0.1) is 0 Å². The molecular weight excluding hydrogens is 290 g/mol. The van der Waals surface area contributed by atoms with Gasteiger partial charge in [0.05, 0.1) is 0 Å². The zero-order chi connectivity index (χ0) is 15.2. The van der Waals surface area contributed by atoms with Crippen molar-refractivity contribution in [2.45, 2.75) is 12.5 Å². The van der Waals surface area contributed by atoms with Gasteiger partial charge >= 0.3 is 0 Å². The van der Waals surface area contributed by atoms with E-state index in [0.717, 1.165) is 5.56 Å². The summed E-state index contributed by atoms with van der Waals surface area (Å²) >= 11 is 5.90. The van der Waals surface area contributed by atoms with E-state index in [2.05, 4.69) is 5.32 Å². The Kier molecular flexibility index (Phi) is 5.06. The Morgan fingerprint density at radius 3 is 2.43 bits per heavy atom. The smallest absolute Gasteiger partial charge is 0.251 e. The number of hydrogen-bond donors (Lipinski definition) is 3. The average molecular weight is 306 g/mol. The summed E-state index contributed by atoms with van der Waals surface area (Å²) in [5, 5.41) is 21.5. The van der Waals surface area contributed by atoms with Gasteiger partial charge in [-0.1, -0.05) is 30.3 Å². The molecule has 3 N–H and O–H groups in total. The predicted octanol–water partition coefficient (Wildman–Crippen LogP) is 2.68. The maximum atomic E-state index is 12.1. The van der Waals surface area contributed by atoms with Gasteiger partial charge in [-0.3, -0.25) is 4.79 Å². The molecule has 0 aromatic heterocycles. The highest BCUT2D eigenvalue weighted by atomic mass is 35.5. The number of carbonyl (C=O) groups excluding carboxylic acids is 1. The second kappa shape index (κ2) is 6.99. The first-order valence-corrected chi connectivity index (χ1v) is 7.06. The van der Waals surface area contributed by atoms with Crippen LogP contribution >= 0.6 is 11.6 Å². The lowest BCUT2D eigenvalue weighted by atomic mass is 10.1. The molecule has 1 atom stereocenters. The molecule has 5 heteroatoms. The van der Waals surface area contributed by atoms with Crippen LogP contribution < -0.4 is 5.32 Å². The van der Waals surface area contributed by atoms with Gasteiger partial charge in [0.25, 0.3) is 5.91 Å². The summed E-state index contributed by atoms with van der Waals surface area (Å²) in [6.45, 7) is 0. The van der Waals surface area contributed by atoms with Gasteiger partial charge in [-0.2, -0.15) is 0 Å². The highest BCUT2D eigenvalue weighted by Gasteiger charge is 2.14. The van der Waals surface area contributed by atoms with Gasteiger partial charge in [0.1, 0.15) is 0 Å². The quantitative estimate of drug-likeness (QED) is 0.587. The van der Waals surface area contributed by atoms with Crippen LogP contribution in [-0.2, 0) is 6.42 Å². The molecule has 0 fully saturated rings. The Bertz CT molecular complexity index is 616. The van der Waals surface area contributed by atoms with E-state index in [1.165, 1.54) is 18.2 Å². The second-order valence-corrected chi connectivity index (χ2v) is 5.03. The zero-order valence-corrected chi connectivity index (χ0v) is 12.0. The molecule has 0 spiro atoms. The first kappa shape index (κ1) is 15.2. The molecule has 4 nitrogen and oxygen atoms in total. The minimum absolute atomic E-state index is 0.211. The van der Waals surface area contributed by atoms with E-state index < -0.39 is 0 Å². The first-order valence-electron chi connectivity index (χ1n) is 6.53. The summed E-state index contributed by atoms with van der Waals surface area (Å²) in [6.07, 6.45) is 0.625. The molecule has 0 saturated carbocycles. The Balaban J connectivity index is 2.04. The number of alkyl halides is 1. The van der Waals surface area contributed by atoms with Gasteiger partial charge in [-0.15, -0.1) is 11.6 Å². The summed E-state index contributed by atoms with van der Waals surface area (Å²) in [4.78, 5) is 12.1. The van der Waals surface area contributed by atoms with Gasteiger partial charge in [0.15, 0.2) is 11.5 Å². The number of phenols is 2. The molecule has 1 amide bonds. The Morgan fingerprint density at radius 1 is 1.10 bits per heavy atom. The molecule has 0 saturated heterocycles. The lowest BCUT2D eigenvalue weighted by Crippen LogP contribution is -2.37. The summed E-state index contributed by atoms with van der Waals surface area (Å²) < 4.78 is 0. The number of aromatic hydroxyl groups is 2. The second-order valence-electron chi connectivity index (χ2n) is 4.72. The molecule has 0 heterocycles. The maximum absolute atomic E-state index is 12.1. The highest BCUT2D eigenvalue weighted by molar-refractivity contribution is 6.18. The molecule has 21 heavy (non-hydrogen) atoms. The van der Waals surface area contributed by atoms with Crippen molar-refractivity contribution >= 4 is 17.5 Å². The van der Waals surface area contributed by atoms with Crippen molar-refractivity contribution in [3.63, 3.8) is 0 Å². The van der Waals surface area contributed by atoms with E-state index in [0.29, 0.717) is 6.42 Å². The highest BCUT2D eigenvalue weighted by Crippen LogP contribution is 2.24. The van der Waals surface area contributed by atoms with Crippen molar-refractivity contribution in [2.24, 2.45) is 0 Å². The number of phenolic OH excluding ortho intramolecular Hbond substituents is 2. The van der Waals surface area contributed by atoms with E-state index in [1.807, 2.05) is 30.3 Å². The van der Waals surface area contributed by atoms with Crippen LogP contribution in [0.2, 0.25) is 0 Å². The van der Waals surface area contributed by atoms with Gasteiger partial charge in [0, 0.05) is 17.5 Å². The van der Waals surface area contributed by atoms with Gasteiger partial charge < -0.3 is 15.5 Å². The summed E-state index contributed by atoms with van der Waals surface area (Å²) in [5.41, 5.74) is 1.35. The van der Waals surface area contributed by atoms with Crippen LogP contribution in [0.5, 0.6) is 11.5 Å². The van der Waals surface area contributed by atoms with Crippen LogP contribution in [0.4, 0.5) is 0 Å². The lowest BCUT2D eigenvalue weighted by Gasteiger charge is -2.16. The van der Waals surface area contributed by atoms with Crippen molar-refractivity contribution < 1.29 is 15.0 Å². The molecule has 2 aromatic carbocycles. The van der Waals surface area contributed by atoms with Crippen molar-refractivity contribution in [3.05, 3.63) is 59.7 Å². The van der Waals surface area contributed by atoms with Crippen LogP contribution in [0.15, 0.2) is 48.5 Å². The minimum Gasteiger partial charge on any atom is -0.504 e. The molecule has 110 valence electrons. The minimum atomic E-state index is -0.341. The third-order valence-electron chi connectivity index (χ3n) is 3.08. The Morgan fingerprint density at radius 2 is 1.81 bits per heavy atom. The van der Waals surface area contributed by atoms with E-state index in [1.54, 1.807) is 0 Å². The number of hydrogen-bond acceptors (Lipinski definition) is 3. The molecule has 2 aromatic rings. The average Bonchev–Trinajstić information content (AvgIpc) is 2.50. The molecule has 0 aliphatic rings. The van der Waals surface area contributed by atoms with Gasteiger partial charge in [-0.25, -0.2) is 0 Å². The summed E-state index contributed by atoms with van der Waals surface area (Å²) in [6, 6.07) is 13.5. The Labute approximate surface area is 128 Å². The number of carbonyl (C=O) groups is 1. The first-order chi connectivity index (χ1) is 10.1. The molecule has 0 aliphatic carbocycles. The molecule has 0 aliphatic heterocycles. The molecule has 1 unspecified atom stereocenters. The van der Waals surface area contributed by atoms with Crippen molar-refractivity contribution in [1.29, 1.82) is 0 Å². The maximum Gasteiger partial charge on any atom is 0.251 e. The fraction of sp³-hybridized carbons (Fsp3) is 0.188. The van der Waals surface area contributed by atoms with Crippen LogP contribution in [0.3, 0.4) is 0 Å². The van der Waals surface area contributed by atoms with Crippen molar-refractivity contribution in [2.75, 3.05) is 5.88 Å². The summed E-state index contributed by atoms with van der Waals surface area (Å²) in [5.74, 6) is -0.644. The topological polar surface area (TPSA) is 69.6 Å². The largest absolute Gasteiger partial charge is 0.504 e. The molecule has 2 rings (SSSR count). The van der Waals surface area contributed by atoms with Crippen molar-refractivity contribution in [3.8, 4) is 11.5 Å². The third-order valence-corrected chi connectivity index (χ3v) is 3.46. The number of nitrogens with one attached hydrogen (secondary N) is 1. The van der Waals surface area contributed by atoms with Crippen LogP contribution in [-0.4, -0.2) is 28.0 Å². The lowest BCUT2D eigenvalue weighted by molar-refractivity contribution is 0.0940. The number of amides is 1. The SMILES string of the molecule is O=C(NC(CCl)Cc1ccccc1)c1ccc(O)c(O)c1. The number of halogens is 1. The van der Waals surface area contributed by atoms with Gasteiger partial charge in [-0.05, 0) is 30.2 Å². The van der Waals surface area contributed by atoms with E-state index in [9.17, 15) is 15.0 Å². The normalized spacial score (nSPS) is 11.9. The fourth-order valence-electron chi connectivity index (χ4n) is 1.98. The van der Waals surface area contributed by atoms with Crippen LogP contribution in [0.1, 0.15) is 15.9 Å². The monoisotopic (exact) mass is 305 g/mol. The molecule has 0 radical (unpaired) electrons. The Hall–Kier alpha value is -2.20. The van der Waals surface area contributed by atoms with E-state index in [-0.39, 0.29) is 34.9 Å². The van der Waals surface area contributed by atoms with Crippen LogP contribution in [0.25, 0.3) is 0 Å². The predicted molar refractivity (Wildman–Crippen MR) is 81.9 cm³/mol. The van der Waals surface area contributed by atoms with E-state index >= 15 is 0 Å².